The lowest BCUT2D eigenvalue weighted by molar-refractivity contribution is -0.138. The summed E-state index contributed by atoms with van der Waals surface area (Å²) in [5.41, 5.74) is -0.485. The van der Waals surface area contributed by atoms with E-state index in [1.807, 2.05) is 0 Å². The van der Waals surface area contributed by atoms with Crippen LogP contribution in [0.25, 0.3) is 11.1 Å². The molecule has 2 atom stereocenters. The first-order valence-electron chi connectivity index (χ1n) is 6.74. The molecule has 0 spiro atoms. The molecular weight excluding hydrogens is 322 g/mol. The van der Waals surface area contributed by atoms with Crippen molar-refractivity contribution >= 4 is 0 Å². The van der Waals surface area contributed by atoms with Crippen LogP contribution >= 0.6 is 0 Å². The molecule has 0 unspecified atom stereocenters. The molecule has 2 aromatic carbocycles. The third-order valence-corrected chi connectivity index (χ3v) is 4.16. The van der Waals surface area contributed by atoms with Crippen molar-refractivity contribution in [1.29, 1.82) is 0 Å². The first-order chi connectivity index (χ1) is 10.7. The summed E-state index contributed by atoms with van der Waals surface area (Å²) in [6.07, 6.45) is -9.87. The van der Waals surface area contributed by atoms with Crippen molar-refractivity contribution in [3.63, 3.8) is 0 Å². The Hall–Kier alpha value is -2.02. The lowest BCUT2D eigenvalue weighted by Gasteiger charge is -2.20. The van der Waals surface area contributed by atoms with E-state index in [1.165, 1.54) is 12.1 Å². The van der Waals surface area contributed by atoms with Gasteiger partial charge >= 0.3 is 12.4 Å². The molecule has 0 saturated carbocycles. The summed E-state index contributed by atoms with van der Waals surface area (Å²) in [4.78, 5) is 0. The predicted molar refractivity (Wildman–Crippen MR) is 68.4 cm³/mol. The van der Waals surface area contributed by atoms with Crippen molar-refractivity contribution < 1.29 is 31.1 Å². The Morgan fingerprint density at radius 2 is 1.04 bits per heavy atom. The number of benzene rings is 2. The first-order valence-corrected chi connectivity index (χ1v) is 6.74. The van der Waals surface area contributed by atoms with Gasteiger partial charge in [-0.25, -0.2) is 0 Å². The van der Waals surface area contributed by atoms with Gasteiger partial charge in [0.05, 0.1) is 11.1 Å². The van der Waals surface area contributed by atoms with Gasteiger partial charge in [0, 0.05) is 0 Å². The van der Waals surface area contributed by atoms with Crippen LogP contribution < -0.4 is 0 Å². The van der Waals surface area contributed by atoms with Crippen LogP contribution in [0.15, 0.2) is 36.4 Å². The van der Waals surface area contributed by atoms with Crippen LogP contribution in [0.3, 0.4) is 0 Å². The molecule has 2 aliphatic rings. The molecule has 1 aliphatic heterocycles. The topological polar surface area (TPSA) is 12.5 Å². The molecule has 1 aliphatic carbocycles. The van der Waals surface area contributed by atoms with Gasteiger partial charge in [0.1, 0.15) is 12.2 Å². The largest absolute Gasteiger partial charge is 0.416 e. The fourth-order valence-corrected chi connectivity index (χ4v) is 3.01. The Morgan fingerprint density at radius 3 is 1.39 bits per heavy atom. The summed E-state index contributed by atoms with van der Waals surface area (Å²) in [5.74, 6) is 0. The van der Waals surface area contributed by atoms with Crippen LogP contribution in [0.1, 0.15) is 34.5 Å². The number of ether oxygens (including phenoxy) is 1. The minimum Gasteiger partial charge on any atom is -0.359 e. The fraction of sp³-hybridized carbons (Fsp3) is 0.250. The predicted octanol–water partition coefficient (Wildman–Crippen LogP) is 5.52. The van der Waals surface area contributed by atoms with Gasteiger partial charge in [-0.3, -0.25) is 0 Å². The molecule has 0 radical (unpaired) electrons. The Kier molecular flexibility index (Phi) is 2.71. The van der Waals surface area contributed by atoms with Crippen LogP contribution in [0.2, 0.25) is 0 Å². The van der Waals surface area contributed by atoms with E-state index in [9.17, 15) is 26.3 Å². The molecule has 0 aromatic heterocycles. The van der Waals surface area contributed by atoms with Crippen molar-refractivity contribution in [2.45, 2.75) is 24.6 Å². The van der Waals surface area contributed by atoms with Gasteiger partial charge in [0.25, 0.3) is 0 Å². The van der Waals surface area contributed by atoms with E-state index >= 15 is 0 Å². The summed E-state index contributed by atoms with van der Waals surface area (Å²) in [5, 5.41) is 0. The lowest BCUT2D eigenvalue weighted by Crippen LogP contribution is -2.09. The van der Waals surface area contributed by atoms with E-state index in [0.717, 1.165) is 24.3 Å². The minimum absolute atomic E-state index is 0.152. The molecule has 23 heavy (non-hydrogen) atoms. The monoisotopic (exact) mass is 330 g/mol. The van der Waals surface area contributed by atoms with Gasteiger partial charge in [0.15, 0.2) is 0 Å². The van der Waals surface area contributed by atoms with E-state index in [0.29, 0.717) is 11.1 Å². The highest BCUT2D eigenvalue weighted by molar-refractivity contribution is 5.77. The number of hydrogen-bond donors (Lipinski definition) is 0. The Bertz CT molecular complexity index is 738. The average Bonchev–Trinajstić information content (AvgIpc) is 3.25. The normalized spacial score (nSPS) is 22.2. The first kappa shape index (κ1) is 14.6. The Balaban J connectivity index is 1.93. The number of rotatable bonds is 0. The quantitative estimate of drug-likeness (QED) is 0.458. The van der Waals surface area contributed by atoms with Crippen molar-refractivity contribution in [2.75, 3.05) is 0 Å². The molecule has 0 bridgehead atoms. The number of fused-ring (bicyclic) bond motifs is 6. The molecule has 1 nitrogen and oxygen atoms in total. The van der Waals surface area contributed by atoms with E-state index in [2.05, 4.69) is 0 Å². The lowest BCUT2D eigenvalue weighted by atomic mass is 9.84. The van der Waals surface area contributed by atoms with Crippen LogP contribution in [-0.4, -0.2) is 0 Å². The van der Waals surface area contributed by atoms with E-state index < -0.39 is 23.5 Å². The second-order valence-corrected chi connectivity index (χ2v) is 5.58. The molecule has 0 N–H and O–H groups in total. The summed E-state index contributed by atoms with van der Waals surface area (Å²) < 4.78 is 82.8. The third-order valence-electron chi connectivity index (χ3n) is 4.16. The summed E-state index contributed by atoms with van der Waals surface area (Å²) in [6, 6.07) is 6.21. The van der Waals surface area contributed by atoms with Crippen molar-refractivity contribution in [3.8, 4) is 11.1 Å². The fourth-order valence-electron chi connectivity index (χ4n) is 3.01. The summed E-state index contributed by atoms with van der Waals surface area (Å²) in [7, 11) is 0. The number of alkyl halides is 6. The molecule has 7 heteroatoms. The van der Waals surface area contributed by atoms with Gasteiger partial charge < -0.3 is 4.74 Å². The maximum Gasteiger partial charge on any atom is 0.416 e. The van der Waals surface area contributed by atoms with Gasteiger partial charge in [-0.05, 0) is 46.5 Å². The van der Waals surface area contributed by atoms with Crippen molar-refractivity contribution in [1.82, 2.24) is 0 Å². The number of halogens is 6. The average molecular weight is 330 g/mol. The van der Waals surface area contributed by atoms with E-state index in [-0.39, 0.29) is 23.3 Å². The SMILES string of the molecule is FC(F)(F)c1ccc2c(c1)-c1cc(C(F)(F)F)ccc1[C@@H]1O[C@@H]21. The third kappa shape index (κ3) is 2.22. The maximum atomic E-state index is 12.9. The molecule has 1 fully saturated rings. The smallest absolute Gasteiger partial charge is 0.359 e. The van der Waals surface area contributed by atoms with Crippen molar-refractivity contribution in [2.24, 2.45) is 0 Å². The van der Waals surface area contributed by atoms with E-state index in [4.69, 9.17) is 4.74 Å². The maximum absolute atomic E-state index is 12.9. The second kappa shape index (κ2) is 4.29. The van der Waals surface area contributed by atoms with Crippen LogP contribution in [-0.2, 0) is 17.1 Å². The van der Waals surface area contributed by atoms with Gasteiger partial charge in [-0.1, -0.05) is 12.1 Å². The number of epoxide rings is 1. The summed E-state index contributed by atoms with van der Waals surface area (Å²) in [6.45, 7) is 0. The molecule has 1 saturated heterocycles. The Labute approximate surface area is 126 Å². The van der Waals surface area contributed by atoms with Gasteiger partial charge in [0.2, 0.25) is 0 Å². The molecule has 1 heterocycles. The second-order valence-electron chi connectivity index (χ2n) is 5.58. The van der Waals surface area contributed by atoms with Crippen LogP contribution in [0, 0.1) is 0 Å². The molecule has 120 valence electrons. The highest BCUT2D eigenvalue weighted by Crippen LogP contribution is 2.60. The van der Waals surface area contributed by atoms with Crippen molar-refractivity contribution in [3.05, 3.63) is 58.7 Å². The van der Waals surface area contributed by atoms with E-state index in [1.54, 1.807) is 0 Å². The highest BCUT2D eigenvalue weighted by Gasteiger charge is 2.48. The zero-order valence-corrected chi connectivity index (χ0v) is 11.3. The zero-order valence-electron chi connectivity index (χ0n) is 11.3. The molecule has 4 rings (SSSR count). The number of hydrogen-bond acceptors (Lipinski definition) is 1. The molecule has 2 aromatic rings. The molecular formula is C16H8F6O. The van der Waals surface area contributed by atoms with Crippen LogP contribution in [0.5, 0.6) is 0 Å². The van der Waals surface area contributed by atoms with Crippen LogP contribution in [0.4, 0.5) is 26.3 Å². The standard InChI is InChI=1S/C16H8F6O/c17-15(18,19)7-1-3-9-11(5-7)12-6-8(16(20,21)22)2-4-10(12)14-13(9)23-14/h1-6,13-14H/t13-,14-/m0/s1. The highest BCUT2D eigenvalue weighted by atomic mass is 19.4. The van der Waals surface area contributed by atoms with Gasteiger partial charge in [-0.15, -0.1) is 0 Å². The van der Waals surface area contributed by atoms with Gasteiger partial charge in [-0.2, -0.15) is 26.3 Å². The zero-order chi connectivity index (χ0) is 16.6. The minimum atomic E-state index is -4.56. The Morgan fingerprint density at radius 1 is 0.652 bits per heavy atom. The summed E-state index contributed by atoms with van der Waals surface area (Å²) >= 11 is 0. The molecule has 0 amide bonds.